The zero-order valence-electron chi connectivity index (χ0n) is 12.0. The molecule has 1 atom stereocenters. The number of nitrogens with one attached hydrogen (secondary N) is 1. The van der Waals surface area contributed by atoms with Gasteiger partial charge in [-0.3, -0.25) is 4.90 Å². The number of rotatable bonds is 4. The summed E-state index contributed by atoms with van der Waals surface area (Å²) in [6.07, 6.45) is 2.43. The first-order valence-electron chi connectivity index (χ1n) is 7.04. The summed E-state index contributed by atoms with van der Waals surface area (Å²) in [5.41, 5.74) is 2.55. The van der Waals surface area contributed by atoms with Crippen molar-refractivity contribution in [2.75, 3.05) is 18.9 Å². The van der Waals surface area contributed by atoms with Crippen LogP contribution >= 0.6 is 11.3 Å². The molecule has 1 aliphatic rings. The van der Waals surface area contributed by atoms with E-state index in [-0.39, 0.29) is 0 Å². The number of likely N-dealkylation sites (tertiary alicyclic amines) is 1. The van der Waals surface area contributed by atoms with Crippen molar-refractivity contribution in [2.24, 2.45) is 0 Å². The van der Waals surface area contributed by atoms with Gasteiger partial charge in [0.1, 0.15) is 11.6 Å². The Morgan fingerprint density at radius 3 is 3.10 bits per heavy atom. The van der Waals surface area contributed by atoms with Crippen molar-refractivity contribution in [3.8, 4) is 0 Å². The van der Waals surface area contributed by atoms with E-state index in [4.69, 9.17) is 0 Å². The summed E-state index contributed by atoms with van der Waals surface area (Å²) in [7, 11) is 1.91. The molecule has 1 saturated heterocycles. The monoisotopic (exact) mass is 288 g/mol. The highest BCUT2D eigenvalue weighted by atomic mass is 32.1. The van der Waals surface area contributed by atoms with Crippen molar-refractivity contribution < 1.29 is 0 Å². The lowest BCUT2D eigenvalue weighted by molar-refractivity contribution is 0.244. The number of anilines is 1. The number of aryl methyl sites for hydroxylation is 1. The van der Waals surface area contributed by atoms with Crippen molar-refractivity contribution >= 4 is 17.2 Å². The molecule has 3 rings (SSSR count). The minimum absolute atomic E-state index is 0.420. The largest absolute Gasteiger partial charge is 0.373 e. The molecule has 0 saturated carbocycles. The van der Waals surface area contributed by atoms with Crippen molar-refractivity contribution in [3.63, 3.8) is 0 Å². The van der Waals surface area contributed by atoms with E-state index in [2.05, 4.69) is 43.1 Å². The number of aromatic nitrogens is 2. The zero-order valence-corrected chi connectivity index (χ0v) is 12.8. The van der Waals surface area contributed by atoms with Gasteiger partial charge in [0.15, 0.2) is 0 Å². The maximum absolute atomic E-state index is 4.65. The van der Waals surface area contributed by atoms with Crippen LogP contribution in [0.4, 0.5) is 5.82 Å². The van der Waals surface area contributed by atoms with Gasteiger partial charge in [0.2, 0.25) is 0 Å². The molecule has 0 aliphatic carbocycles. The molecule has 106 valence electrons. The fourth-order valence-electron chi connectivity index (χ4n) is 2.86. The third-order valence-corrected chi connectivity index (χ3v) is 4.52. The third-order valence-electron chi connectivity index (χ3n) is 3.78. The van der Waals surface area contributed by atoms with Crippen LogP contribution in [0.15, 0.2) is 22.9 Å². The minimum atomic E-state index is 0.420. The summed E-state index contributed by atoms with van der Waals surface area (Å²) < 4.78 is 0. The Hall–Kier alpha value is -1.46. The molecule has 0 amide bonds. The van der Waals surface area contributed by atoms with Crippen molar-refractivity contribution in [1.82, 2.24) is 14.9 Å². The minimum Gasteiger partial charge on any atom is -0.373 e. The SMILES string of the molecule is CNc1cc(C2CCCN2Cc2ccsc2)nc(C)n1. The summed E-state index contributed by atoms with van der Waals surface area (Å²) in [4.78, 5) is 11.6. The Bertz CT molecular complexity index is 567. The Balaban J connectivity index is 1.82. The van der Waals surface area contributed by atoms with Gasteiger partial charge >= 0.3 is 0 Å². The summed E-state index contributed by atoms with van der Waals surface area (Å²) in [6, 6.07) is 4.72. The summed E-state index contributed by atoms with van der Waals surface area (Å²) >= 11 is 1.77. The molecular weight excluding hydrogens is 268 g/mol. The van der Waals surface area contributed by atoms with Crippen LogP contribution < -0.4 is 5.32 Å². The molecule has 2 aromatic heterocycles. The van der Waals surface area contributed by atoms with E-state index in [1.807, 2.05) is 14.0 Å². The Kier molecular flexibility index (Phi) is 3.98. The van der Waals surface area contributed by atoms with Gasteiger partial charge in [-0.2, -0.15) is 11.3 Å². The molecule has 20 heavy (non-hydrogen) atoms. The molecule has 0 bridgehead atoms. The average Bonchev–Trinajstić information content (AvgIpc) is 3.10. The topological polar surface area (TPSA) is 41.0 Å². The van der Waals surface area contributed by atoms with E-state index < -0.39 is 0 Å². The van der Waals surface area contributed by atoms with Crippen molar-refractivity contribution in [1.29, 1.82) is 0 Å². The molecule has 3 heterocycles. The Labute approximate surface area is 123 Å². The van der Waals surface area contributed by atoms with Gasteiger partial charge in [0, 0.05) is 19.7 Å². The Morgan fingerprint density at radius 1 is 1.45 bits per heavy atom. The van der Waals surface area contributed by atoms with E-state index in [9.17, 15) is 0 Å². The van der Waals surface area contributed by atoms with Crippen LogP contribution in [0.3, 0.4) is 0 Å². The number of thiophene rings is 1. The van der Waals surface area contributed by atoms with Gasteiger partial charge in [-0.25, -0.2) is 9.97 Å². The summed E-state index contributed by atoms with van der Waals surface area (Å²) in [5, 5.41) is 7.51. The first-order valence-corrected chi connectivity index (χ1v) is 7.99. The molecule has 1 fully saturated rings. The van der Waals surface area contributed by atoms with Crippen molar-refractivity contribution in [3.05, 3.63) is 40.0 Å². The smallest absolute Gasteiger partial charge is 0.129 e. The molecule has 2 aromatic rings. The predicted octanol–water partition coefficient (Wildman–Crippen LogP) is 3.23. The second kappa shape index (κ2) is 5.89. The van der Waals surface area contributed by atoms with Crippen molar-refractivity contribution in [2.45, 2.75) is 32.4 Å². The van der Waals surface area contributed by atoms with Gasteiger partial charge in [0.05, 0.1) is 11.7 Å². The fourth-order valence-corrected chi connectivity index (χ4v) is 3.52. The second-order valence-corrected chi connectivity index (χ2v) is 6.02. The van der Waals surface area contributed by atoms with Gasteiger partial charge in [0.25, 0.3) is 0 Å². The van der Waals surface area contributed by atoms with E-state index >= 15 is 0 Å². The summed E-state index contributed by atoms with van der Waals surface area (Å²) in [6.45, 7) is 4.13. The van der Waals surface area contributed by atoms with E-state index in [1.54, 1.807) is 11.3 Å². The molecule has 5 heteroatoms. The van der Waals surface area contributed by atoms with E-state index in [0.29, 0.717) is 6.04 Å². The molecule has 0 aromatic carbocycles. The molecule has 4 nitrogen and oxygen atoms in total. The first-order chi connectivity index (χ1) is 9.76. The highest BCUT2D eigenvalue weighted by molar-refractivity contribution is 7.07. The average molecular weight is 288 g/mol. The van der Waals surface area contributed by atoms with Gasteiger partial charge in [-0.1, -0.05) is 0 Å². The van der Waals surface area contributed by atoms with E-state index in [1.165, 1.54) is 18.4 Å². The van der Waals surface area contributed by atoms with Gasteiger partial charge < -0.3 is 5.32 Å². The van der Waals surface area contributed by atoms with Crippen LogP contribution in [0.1, 0.15) is 36.0 Å². The molecule has 0 radical (unpaired) electrons. The van der Waals surface area contributed by atoms with Crippen LogP contribution in [0.2, 0.25) is 0 Å². The highest BCUT2D eigenvalue weighted by Crippen LogP contribution is 2.33. The fraction of sp³-hybridized carbons (Fsp3) is 0.467. The lowest BCUT2D eigenvalue weighted by Gasteiger charge is -2.24. The molecule has 1 aliphatic heterocycles. The van der Waals surface area contributed by atoms with Crippen LogP contribution in [-0.4, -0.2) is 28.5 Å². The lowest BCUT2D eigenvalue weighted by Crippen LogP contribution is -2.23. The maximum Gasteiger partial charge on any atom is 0.129 e. The number of hydrogen-bond acceptors (Lipinski definition) is 5. The lowest BCUT2D eigenvalue weighted by atomic mass is 10.1. The third kappa shape index (κ3) is 2.83. The molecule has 1 unspecified atom stereocenters. The first kappa shape index (κ1) is 13.5. The second-order valence-electron chi connectivity index (χ2n) is 5.24. The van der Waals surface area contributed by atoms with Gasteiger partial charge in [-0.15, -0.1) is 0 Å². The van der Waals surface area contributed by atoms with Crippen LogP contribution in [0.25, 0.3) is 0 Å². The predicted molar refractivity (Wildman–Crippen MR) is 83.0 cm³/mol. The standard InChI is InChI=1S/C15H20N4S/c1-11-17-13(8-15(16-2)18-11)14-4-3-6-19(14)9-12-5-7-20-10-12/h5,7-8,10,14H,3-4,6,9H2,1-2H3,(H,16,17,18). The van der Waals surface area contributed by atoms with Gasteiger partial charge in [-0.05, 0) is 48.7 Å². The molecule has 1 N–H and O–H groups in total. The van der Waals surface area contributed by atoms with E-state index in [0.717, 1.165) is 30.4 Å². The molecular formula is C15H20N4S. The summed E-state index contributed by atoms with van der Waals surface area (Å²) in [5.74, 6) is 1.75. The van der Waals surface area contributed by atoms with Crippen LogP contribution in [-0.2, 0) is 6.54 Å². The van der Waals surface area contributed by atoms with Crippen LogP contribution in [0.5, 0.6) is 0 Å². The normalized spacial score (nSPS) is 19.4. The maximum atomic E-state index is 4.65. The quantitative estimate of drug-likeness (QED) is 0.938. The highest BCUT2D eigenvalue weighted by Gasteiger charge is 2.27. The number of nitrogens with zero attached hydrogens (tertiary/aromatic N) is 3. The van der Waals surface area contributed by atoms with Crippen LogP contribution in [0, 0.1) is 6.92 Å². The Morgan fingerprint density at radius 2 is 2.35 bits per heavy atom. The molecule has 0 spiro atoms. The zero-order chi connectivity index (χ0) is 13.9. The number of hydrogen-bond donors (Lipinski definition) is 1.